The lowest BCUT2D eigenvalue weighted by molar-refractivity contribution is -0.142. The van der Waals surface area contributed by atoms with E-state index in [-0.39, 0.29) is 22.9 Å². The number of carboxylic acid groups (broad SMARTS) is 1. The Morgan fingerprint density at radius 3 is 2.36 bits per heavy atom. The third kappa shape index (κ3) is 4.11. The van der Waals surface area contributed by atoms with Crippen molar-refractivity contribution in [3.63, 3.8) is 0 Å². The number of hydrogen-bond acceptors (Lipinski definition) is 5. The van der Waals surface area contributed by atoms with Gasteiger partial charge in [-0.1, -0.05) is 36.4 Å². The summed E-state index contributed by atoms with van der Waals surface area (Å²) in [6.07, 6.45) is 1.90. The number of rotatable bonds is 5. The van der Waals surface area contributed by atoms with Crippen LogP contribution in [0.5, 0.6) is 0 Å². The molecule has 0 spiro atoms. The molecule has 150 valence electrons. The zero-order chi connectivity index (χ0) is 20.5. The van der Waals surface area contributed by atoms with E-state index < -0.39 is 31.7 Å². The Bertz CT molecular complexity index is 1090. The number of sulfonamides is 1. The molecular weight excluding hydrogens is 402 g/mol. The van der Waals surface area contributed by atoms with Crippen LogP contribution in [0, 0.1) is 5.92 Å². The highest BCUT2D eigenvalue weighted by Crippen LogP contribution is 2.31. The Hall–Kier alpha value is -2.23. The average Bonchev–Trinajstić information content (AvgIpc) is 2.67. The second kappa shape index (κ2) is 7.65. The van der Waals surface area contributed by atoms with E-state index in [0.29, 0.717) is 24.0 Å². The monoisotopic (exact) mass is 423 g/mol. The molecular formula is C19H21NO6S2. The van der Waals surface area contributed by atoms with E-state index in [9.17, 15) is 26.7 Å². The van der Waals surface area contributed by atoms with Crippen molar-refractivity contribution in [2.45, 2.75) is 22.6 Å². The van der Waals surface area contributed by atoms with Gasteiger partial charge in [-0.2, -0.15) is 4.31 Å². The number of carboxylic acids is 1. The maximum absolute atomic E-state index is 13.0. The number of piperidine rings is 1. The van der Waals surface area contributed by atoms with Gasteiger partial charge >= 0.3 is 5.97 Å². The summed E-state index contributed by atoms with van der Waals surface area (Å²) in [7, 11) is -7.70. The van der Waals surface area contributed by atoms with Crippen LogP contribution in [0.1, 0.15) is 12.8 Å². The number of hydrogen-bond donors (Lipinski definition) is 1. The third-order valence-corrected chi connectivity index (χ3v) is 7.81. The predicted octanol–water partition coefficient (Wildman–Crippen LogP) is 2.24. The van der Waals surface area contributed by atoms with Gasteiger partial charge in [0.15, 0.2) is 9.84 Å². The van der Waals surface area contributed by atoms with Crippen LogP contribution in [0.4, 0.5) is 0 Å². The van der Waals surface area contributed by atoms with Crippen molar-refractivity contribution in [3.8, 4) is 11.1 Å². The first kappa shape index (κ1) is 20.5. The van der Waals surface area contributed by atoms with Crippen molar-refractivity contribution in [1.82, 2.24) is 4.31 Å². The largest absolute Gasteiger partial charge is 0.481 e. The highest BCUT2D eigenvalue weighted by molar-refractivity contribution is 7.91. The van der Waals surface area contributed by atoms with Crippen LogP contribution in [-0.2, 0) is 24.7 Å². The van der Waals surface area contributed by atoms with E-state index >= 15 is 0 Å². The number of aliphatic carboxylic acids is 1. The van der Waals surface area contributed by atoms with Crippen molar-refractivity contribution in [2.24, 2.45) is 5.92 Å². The van der Waals surface area contributed by atoms with Gasteiger partial charge in [0.2, 0.25) is 10.0 Å². The van der Waals surface area contributed by atoms with Crippen molar-refractivity contribution >= 4 is 25.8 Å². The number of nitrogens with zero attached hydrogens (tertiary/aromatic N) is 1. The van der Waals surface area contributed by atoms with Crippen molar-refractivity contribution in [2.75, 3.05) is 19.3 Å². The summed E-state index contributed by atoms with van der Waals surface area (Å²) < 4.78 is 51.8. The summed E-state index contributed by atoms with van der Waals surface area (Å²) in [6.45, 7) is 0.0903. The van der Waals surface area contributed by atoms with Crippen molar-refractivity contribution < 1.29 is 26.7 Å². The summed E-state index contributed by atoms with van der Waals surface area (Å²) in [5.74, 6) is -1.79. The van der Waals surface area contributed by atoms with E-state index in [0.717, 1.165) is 16.6 Å². The lowest BCUT2D eigenvalue weighted by Crippen LogP contribution is -2.42. The number of carbonyl (C=O) groups is 1. The first-order valence-electron chi connectivity index (χ1n) is 8.73. The first-order chi connectivity index (χ1) is 13.1. The van der Waals surface area contributed by atoms with Gasteiger partial charge in [-0.3, -0.25) is 4.79 Å². The van der Waals surface area contributed by atoms with Gasteiger partial charge in [0.05, 0.1) is 15.7 Å². The van der Waals surface area contributed by atoms with E-state index in [2.05, 4.69) is 0 Å². The van der Waals surface area contributed by atoms with Gasteiger partial charge in [0.25, 0.3) is 0 Å². The molecule has 28 heavy (non-hydrogen) atoms. The van der Waals surface area contributed by atoms with Gasteiger partial charge in [0.1, 0.15) is 0 Å². The molecule has 0 saturated carbocycles. The molecule has 0 radical (unpaired) electrons. The topological polar surface area (TPSA) is 109 Å². The van der Waals surface area contributed by atoms with Gasteiger partial charge in [-0.25, -0.2) is 16.8 Å². The van der Waals surface area contributed by atoms with Crippen LogP contribution >= 0.6 is 0 Å². The Morgan fingerprint density at radius 2 is 1.75 bits per heavy atom. The molecule has 7 nitrogen and oxygen atoms in total. The molecule has 1 aliphatic rings. The van der Waals surface area contributed by atoms with Gasteiger partial charge in [-0.05, 0) is 30.5 Å². The fourth-order valence-electron chi connectivity index (χ4n) is 3.34. The minimum Gasteiger partial charge on any atom is -0.481 e. The molecule has 1 saturated heterocycles. The predicted molar refractivity (Wildman–Crippen MR) is 104 cm³/mol. The summed E-state index contributed by atoms with van der Waals surface area (Å²) in [4.78, 5) is 11.0. The molecule has 9 heteroatoms. The lowest BCUT2D eigenvalue weighted by Gasteiger charge is -2.30. The van der Waals surface area contributed by atoms with Crippen LogP contribution in [-0.4, -0.2) is 51.6 Å². The minimum atomic E-state index is -4.00. The van der Waals surface area contributed by atoms with E-state index in [1.54, 1.807) is 30.3 Å². The zero-order valence-corrected chi connectivity index (χ0v) is 16.9. The smallest absolute Gasteiger partial charge is 0.307 e. The molecule has 0 aliphatic carbocycles. The van der Waals surface area contributed by atoms with Crippen LogP contribution < -0.4 is 0 Å². The highest BCUT2D eigenvalue weighted by Gasteiger charge is 2.34. The van der Waals surface area contributed by atoms with Crippen LogP contribution in [0.2, 0.25) is 0 Å². The Labute approximate surface area is 164 Å². The van der Waals surface area contributed by atoms with Crippen LogP contribution in [0.3, 0.4) is 0 Å². The fraction of sp³-hybridized carbons (Fsp3) is 0.316. The van der Waals surface area contributed by atoms with Crippen LogP contribution in [0.15, 0.2) is 58.3 Å². The average molecular weight is 424 g/mol. The summed E-state index contributed by atoms with van der Waals surface area (Å²) in [5.41, 5.74) is 1.08. The van der Waals surface area contributed by atoms with Gasteiger partial charge in [0, 0.05) is 24.9 Å². The normalized spacial score (nSPS) is 18.7. The quantitative estimate of drug-likeness (QED) is 0.790. The molecule has 0 bridgehead atoms. The summed E-state index contributed by atoms with van der Waals surface area (Å²) in [5, 5.41) is 9.20. The van der Waals surface area contributed by atoms with E-state index in [1.165, 1.54) is 12.1 Å². The lowest BCUT2D eigenvalue weighted by atomic mass is 10.0. The molecule has 1 N–H and O–H groups in total. The second-order valence-corrected chi connectivity index (χ2v) is 10.8. The molecule has 2 aromatic rings. The Balaban J connectivity index is 2.06. The number of benzene rings is 2. The molecule has 1 unspecified atom stereocenters. The van der Waals surface area contributed by atoms with E-state index in [4.69, 9.17) is 0 Å². The highest BCUT2D eigenvalue weighted by atomic mass is 32.2. The fourth-order valence-corrected chi connectivity index (χ4v) is 5.89. The Morgan fingerprint density at radius 1 is 1.07 bits per heavy atom. The maximum Gasteiger partial charge on any atom is 0.307 e. The molecule has 1 atom stereocenters. The SMILES string of the molecule is CS(=O)(=O)c1cc(S(=O)(=O)N2CCCC(C(=O)O)C2)ccc1-c1ccccc1. The molecule has 1 heterocycles. The molecule has 2 aromatic carbocycles. The maximum atomic E-state index is 13.0. The molecule has 3 rings (SSSR count). The summed E-state index contributed by atoms with van der Waals surface area (Å²) >= 11 is 0. The second-order valence-electron chi connectivity index (χ2n) is 6.84. The van der Waals surface area contributed by atoms with Crippen LogP contribution in [0.25, 0.3) is 11.1 Å². The molecule has 0 amide bonds. The van der Waals surface area contributed by atoms with Gasteiger partial charge in [-0.15, -0.1) is 0 Å². The van der Waals surface area contributed by atoms with Crippen molar-refractivity contribution in [3.05, 3.63) is 48.5 Å². The Kier molecular flexibility index (Phi) is 5.60. The molecule has 0 aromatic heterocycles. The zero-order valence-electron chi connectivity index (χ0n) is 15.3. The van der Waals surface area contributed by atoms with E-state index in [1.807, 2.05) is 0 Å². The minimum absolute atomic E-state index is 0.0773. The third-order valence-electron chi connectivity index (χ3n) is 4.81. The number of sulfone groups is 1. The summed E-state index contributed by atoms with van der Waals surface area (Å²) in [6, 6.07) is 12.9. The molecule has 1 aliphatic heterocycles. The van der Waals surface area contributed by atoms with Crippen molar-refractivity contribution in [1.29, 1.82) is 0 Å². The first-order valence-corrected chi connectivity index (χ1v) is 12.1. The van der Waals surface area contributed by atoms with Gasteiger partial charge < -0.3 is 5.11 Å². The molecule has 1 fully saturated rings. The standard InChI is InChI=1S/C19H21NO6S2/c1-27(23,24)18-12-16(9-10-17(18)14-6-3-2-4-7-14)28(25,26)20-11-5-8-15(13-20)19(21)22/h2-4,6-7,9-10,12,15H,5,8,11,13H2,1H3,(H,21,22).